The molecule has 3 rings (SSSR count). The molecule has 0 saturated carbocycles. The SMILES string of the molecule is O=C(c1ccccc1)C1CCN(Cc2ccccc2)C1. The summed E-state index contributed by atoms with van der Waals surface area (Å²) in [7, 11) is 0. The van der Waals surface area contributed by atoms with E-state index in [2.05, 4.69) is 29.2 Å². The Morgan fingerprint density at radius 3 is 2.35 bits per heavy atom. The molecule has 2 nitrogen and oxygen atoms in total. The molecule has 0 aromatic heterocycles. The number of rotatable bonds is 4. The quantitative estimate of drug-likeness (QED) is 0.790. The molecule has 0 amide bonds. The van der Waals surface area contributed by atoms with Crippen LogP contribution in [0.4, 0.5) is 0 Å². The van der Waals surface area contributed by atoms with Gasteiger partial charge in [0, 0.05) is 24.6 Å². The van der Waals surface area contributed by atoms with Crippen LogP contribution in [0, 0.1) is 5.92 Å². The van der Waals surface area contributed by atoms with Crippen molar-refractivity contribution in [2.45, 2.75) is 13.0 Å². The first-order valence-corrected chi connectivity index (χ1v) is 7.18. The molecule has 0 N–H and O–H groups in total. The lowest BCUT2D eigenvalue weighted by atomic mass is 9.97. The van der Waals surface area contributed by atoms with Gasteiger partial charge in [-0.3, -0.25) is 9.69 Å². The summed E-state index contributed by atoms with van der Waals surface area (Å²) in [6.45, 7) is 2.83. The molecule has 1 unspecified atom stereocenters. The Morgan fingerprint density at radius 2 is 1.65 bits per heavy atom. The van der Waals surface area contributed by atoms with Gasteiger partial charge in [0.05, 0.1) is 0 Å². The zero-order valence-electron chi connectivity index (χ0n) is 11.5. The number of ketones is 1. The van der Waals surface area contributed by atoms with Gasteiger partial charge < -0.3 is 0 Å². The Hall–Kier alpha value is -1.93. The van der Waals surface area contributed by atoms with Gasteiger partial charge in [0.25, 0.3) is 0 Å². The van der Waals surface area contributed by atoms with Crippen molar-refractivity contribution < 1.29 is 4.79 Å². The number of hydrogen-bond acceptors (Lipinski definition) is 2. The van der Waals surface area contributed by atoms with Gasteiger partial charge in [-0.25, -0.2) is 0 Å². The number of Topliss-reactive ketones (excluding diaryl/α,β-unsaturated/α-hetero) is 1. The van der Waals surface area contributed by atoms with Crippen LogP contribution >= 0.6 is 0 Å². The van der Waals surface area contributed by atoms with Crippen LogP contribution in [-0.4, -0.2) is 23.8 Å². The topological polar surface area (TPSA) is 20.3 Å². The van der Waals surface area contributed by atoms with Crippen molar-refractivity contribution >= 4 is 5.78 Å². The lowest BCUT2D eigenvalue weighted by molar-refractivity contribution is 0.0922. The van der Waals surface area contributed by atoms with E-state index in [0.29, 0.717) is 5.78 Å². The van der Waals surface area contributed by atoms with Gasteiger partial charge in [0.15, 0.2) is 5.78 Å². The van der Waals surface area contributed by atoms with Crippen molar-refractivity contribution in [3.05, 3.63) is 71.8 Å². The van der Waals surface area contributed by atoms with Crippen LogP contribution in [0.3, 0.4) is 0 Å². The highest BCUT2D eigenvalue weighted by Gasteiger charge is 2.28. The predicted octanol–water partition coefficient (Wildman–Crippen LogP) is 3.39. The molecule has 1 aliphatic heterocycles. The average molecular weight is 265 g/mol. The first-order valence-electron chi connectivity index (χ1n) is 7.18. The molecular weight excluding hydrogens is 246 g/mol. The van der Waals surface area contributed by atoms with Crippen LogP contribution in [0.2, 0.25) is 0 Å². The maximum atomic E-state index is 12.4. The van der Waals surface area contributed by atoms with Gasteiger partial charge in [0.1, 0.15) is 0 Å². The van der Waals surface area contributed by atoms with Gasteiger partial charge in [-0.15, -0.1) is 0 Å². The number of nitrogens with zero attached hydrogens (tertiary/aromatic N) is 1. The van der Waals surface area contributed by atoms with Crippen molar-refractivity contribution in [1.82, 2.24) is 4.90 Å². The molecule has 1 saturated heterocycles. The van der Waals surface area contributed by atoms with Gasteiger partial charge in [-0.2, -0.15) is 0 Å². The lowest BCUT2D eigenvalue weighted by Crippen LogP contribution is -2.23. The largest absolute Gasteiger partial charge is 0.298 e. The molecule has 0 radical (unpaired) electrons. The third kappa shape index (κ3) is 2.97. The Balaban J connectivity index is 1.61. The maximum absolute atomic E-state index is 12.4. The molecule has 2 heteroatoms. The van der Waals surface area contributed by atoms with Crippen LogP contribution in [0.5, 0.6) is 0 Å². The van der Waals surface area contributed by atoms with Crippen molar-refractivity contribution in [3.8, 4) is 0 Å². The highest BCUT2D eigenvalue weighted by atomic mass is 16.1. The minimum atomic E-state index is 0.154. The second kappa shape index (κ2) is 6.02. The van der Waals surface area contributed by atoms with E-state index >= 15 is 0 Å². The summed E-state index contributed by atoms with van der Waals surface area (Å²) in [5, 5.41) is 0. The zero-order chi connectivity index (χ0) is 13.8. The summed E-state index contributed by atoms with van der Waals surface area (Å²) in [6.07, 6.45) is 0.973. The van der Waals surface area contributed by atoms with Gasteiger partial charge in [0.2, 0.25) is 0 Å². The lowest BCUT2D eigenvalue weighted by Gasteiger charge is -2.15. The molecular formula is C18H19NO. The fourth-order valence-electron chi connectivity index (χ4n) is 2.87. The van der Waals surface area contributed by atoms with Gasteiger partial charge >= 0.3 is 0 Å². The first-order chi connectivity index (χ1) is 9.83. The van der Waals surface area contributed by atoms with E-state index in [4.69, 9.17) is 0 Å². The highest BCUT2D eigenvalue weighted by molar-refractivity contribution is 5.98. The first kappa shape index (κ1) is 13.1. The summed E-state index contributed by atoms with van der Waals surface area (Å²) in [6, 6.07) is 20.1. The molecule has 0 bridgehead atoms. The molecule has 1 aliphatic rings. The van der Waals surface area contributed by atoms with E-state index in [1.807, 2.05) is 36.4 Å². The minimum Gasteiger partial charge on any atom is -0.298 e. The van der Waals surface area contributed by atoms with Crippen LogP contribution in [0.15, 0.2) is 60.7 Å². The molecule has 1 atom stereocenters. The van der Waals surface area contributed by atoms with Crippen LogP contribution in [-0.2, 0) is 6.54 Å². The summed E-state index contributed by atoms with van der Waals surface area (Å²) < 4.78 is 0. The fraction of sp³-hybridized carbons (Fsp3) is 0.278. The van der Waals surface area contributed by atoms with E-state index in [0.717, 1.165) is 31.6 Å². The predicted molar refractivity (Wildman–Crippen MR) is 80.6 cm³/mol. The molecule has 1 fully saturated rings. The molecule has 0 spiro atoms. The van der Waals surface area contributed by atoms with Crippen LogP contribution in [0.25, 0.3) is 0 Å². The molecule has 0 aliphatic carbocycles. The standard InChI is InChI=1S/C18H19NO/c20-18(16-9-5-2-6-10-16)17-11-12-19(14-17)13-15-7-3-1-4-8-15/h1-10,17H,11-14H2. The summed E-state index contributed by atoms with van der Waals surface area (Å²) in [5.41, 5.74) is 2.17. The second-order valence-electron chi connectivity index (χ2n) is 5.44. The van der Waals surface area contributed by atoms with Crippen LogP contribution in [0.1, 0.15) is 22.3 Å². The molecule has 1 heterocycles. The van der Waals surface area contributed by atoms with E-state index in [1.165, 1.54) is 5.56 Å². The fourth-order valence-corrected chi connectivity index (χ4v) is 2.87. The molecule has 2 aromatic rings. The third-order valence-corrected chi connectivity index (χ3v) is 3.95. The zero-order valence-corrected chi connectivity index (χ0v) is 11.5. The Labute approximate surface area is 120 Å². The van der Waals surface area contributed by atoms with E-state index < -0.39 is 0 Å². The normalized spacial score (nSPS) is 19.1. The number of carbonyl (C=O) groups excluding carboxylic acids is 1. The van der Waals surface area contributed by atoms with E-state index in [1.54, 1.807) is 0 Å². The number of likely N-dealkylation sites (tertiary alicyclic amines) is 1. The average Bonchev–Trinajstić information content (AvgIpc) is 2.97. The second-order valence-corrected chi connectivity index (χ2v) is 5.44. The molecule has 2 aromatic carbocycles. The Bertz CT molecular complexity index is 564. The van der Waals surface area contributed by atoms with Crippen molar-refractivity contribution in [1.29, 1.82) is 0 Å². The summed E-state index contributed by atoms with van der Waals surface area (Å²) >= 11 is 0. The molecule has 20 heavy (non-hydrogen) atoms. The monoisotopic (exact) mass is 265 g/mol. The van der Waals surface area contributed by atoms with E-state index in [9.17, 15) is 4.79 Å². The third-order valence-electron chi connectivity index (χ3n) is 3.95. The number of carbonyl (C=O) groups is 1. The van der Waals surface area contributed by atoms with Crippen molar-refractivity contribution in [3.63, 3.8) is 0 Å². The van der Waals surface area contributed by atoms with Gasteiger partial charge in [-0.05, 0) is 18.5 Å². The highest BCUT2D eigenvalue weighted by Crippen LogP contribution is 2.22. The number of benzene rings is 2. The summed E-state index contributed by atoms with van der Waals surface area (Å²) in [5.74, 6) is 0.447. The number of hydrogen-bond donors (Lipinski definition) is 0. The van der Waals surface area contributed by atoms with Gasteiger partial charge in [-0.1, -0.05) is 60.7 Å². The maximum Gasteiger partial charge on any atom is 0.167 e. The molecule has 102 valence electrons. The summed E-state index contributed by atoms with van der Waals surface area (Å²) in [4.78, 5) is 14.8. The smallest absolute Gasteiger partial charge is 0.167 e. The Kier molecular flexibility index (Phi) is 3.93. The Morgan fingerprint density at radius 1 is 1.00 bits per heavy atom. The van der Waals surface area contributed by atoms with E-state index in [-0.39, 0.29) is 5.92 Å². The van der Waals surface area contributed by atoms with Crippen molar-refractivity contribution in [2.24, 2.45) is 5.92 Å². The van der Waals surface area contributed by atoms with Crippen LogP contribution < -0.4 is 0 Å². The minimum absolute atomic E-state index is 0.154. The van der Waals surface area contributed by atoms with Crippen molar-refractivity contribution in [2.75, 3.05) is 13.1 Å².